The predicted molar refractivity (Wildman–Crippen MR) is 51.4 cm³/mol. The molecule has 0 radical (unpaired) electrons. The van der Waals surface area contributed by atoms with E-state index >= 15 is 0 Å². The van der Waals surface area contributed by atoms with Crippen molar-refractivity contribution in [1.82, 2.24) is 4.90 Å². The van der Waals surface area contributed by atoms with Gasteiger partial charge in [0.1, 0.15) is 6.23 Å². The Bertz CT molecular complexity index is 153. The van der Waals surface area contributed by atoms with Crippen molar-refractivity contribution in [3.8, 4) is 0 Å². The van der Waals surface area contributed by atoms with Crippen LogP contribution in [0.3, 0.4) is 0 Å². The standard InChI is InChI=1S/C9H20N2O2/c1-7(10)4-13-9-6-12-5-8(2)11(9)3/h7-9H,4-6,10H2,1-3H3. The average Bonchev–Trinajstić information content (AvgIpc) is 2.07. The molecule has 0 aliphatic carbocycles. The highest BCUT2D eigenvalue weighted by Gasteiger charge is 2.25. The normalized spacial score (nSPS) is 33.2. The Morgan fingerprint density at radius 3 is 2.92 bits per heavy atom. The lowest BCUT2D eigenvalue weighted by Gasteiger charge is -2.37. The van der Waals surface area contributed by atoms with Crippen molar-refractivity contribution >= 4 is 0 Å². The Morgan fingerprint density at radius 1 is 1.62 bits per heavy atom. The molecule has 1 fully saturated rings. The van der Waals surface area contributed by atoms with Gasteiger partial charge < -0.3 is 15.2 Å². The lowest BCUT2D eigenvalue weighted by Crippen LogP contribution is -2.50. The highest BCUT2D eigenvalue weighted by atomic mass is 16.5. The Hall–Kier alpha value is -0.160. The first-order valence-electron chi connectivity index (χ1n) is 4.78. The largest absolute Gasteiger partial charge is 0.376 e. The van der Waals surface area contributed by atoms with Crippen LogP contribution in [0.25, 0.3) is 0 Å². The molecule has 3 atom stereocenters. The van der Waals surface area contributed by atoms with Crippen LogP contribution >= 0.6 is 0 Å². The van der Waals surface area contributed by atoms with Gasteiger partial charge in [0.2, 0.25) is 0 Å². The number of nitrogens with zero attached hydrogens (tertiary/aromatic N) is 1. The van der Waals surface area contributed by atoms with Gasteiger partial charge in [0.15, 0.2) is 0 Å². The zero-order valence-corrected chi connectivity index (χ0v) is 8.69. The molecule has 0 aromatic carbocycles. The third kappa shape index (κ3) is 3.23. The minimum atomic E-state index is 0.0646. The molecule has 13 heavy (non-hydrogen) atoms. The maximum Gasteiger partial charge on any atom is 0.134 e. The van der Waals surface area contributed by atoms with Crippen LogP contribution in [0, 0.1) is 0 Å². The van der Waals surface area contributed by atoms with Gasteiger partial charge in [0.05, 0.1) is 19.8 Å². The molecule has 0 bridgehead atoms. The summed E-state index contributed by atoms with van der Waals surface area (Å²) in [5.74, 6) is 0. The Labute approximate surface area is 80.0 Å². The van der Waals surface area contributed by atoms with Crippen molar-refractivity contribution in [2.45, 2.75) is 32.2 Å². The summed E-state index contributed by atoms with van der Waals surface area (Å²) < 4.78 is 11.0. The molecular weight excluding hydrogens is 168 g/mol. The van der Waals surface area contributed by atoms with E-state index in [1.165, 1.54) is 0 Å². The molecule has 0 saturated carbocycles. The lowest BCUT2D eigenvalue weighted by molar-refractivity contribution is -0.151. The molecule has 0 amide bonds. The first-order valence-corrected chi connectivity index (χ1v) is 4.78. The molecular formula is C9H20N2O2. The smallest absolute Gasteiger partial charge is 0.134 e. The van der Waals surface area contributed by atoms with Crippen LogP contribution in [-0.4, -0.2) is 50.1 Å². The molecule has 1 rings (SSSR count). The van der Waals surface area contributed by atoms with Gasteiger partial charge in [0, 0.05) is 12.1 Å². The first-order chi connectivity index (χ1) is 6.11. The van der Waals surface area contributed by atoms with Crippen LogP contribution in [0.4, 0.5) is 0 Å². The van der Waals surface area contributed by atoms with E-state index in [1.54, 1.807) is 0 Å². The van der Waals surface area contributed by atoms with Gasteiger partial charge in [-0.1, -0.05) is 0 Å². The third-order valence-electron chi connectivity index (χ3n) is 2.32. The van der Waals surface area contributed by atoms with Gasteiger partial charge in [-0.15, -0.1) is 0 Å². The van der Waals surface area contributed by atoms with Crippen LogP contribution in [-0.2, 0) is 9.47 Å². The summed E-state index contributed by atoms with van der Waals surface area (Å²) in [7, 11) is 2.05. The van der Waals surface area contributed by atoms with Crippen LogP contribution in [0.1, 0.15) is 13.8 Å². The van der Waals surface area contributed by atoms with E-state index in [0.717, 1.165) is 6.61 Å². The average molecular weight is 188 g/mol. The van der Waals surface area contributed by atoms with Crippen LogP contribution in [0.15, 0.2) is 0 Å². The summed E-state index contributed by atoms with van der Waals surface area (Å²) in [5, 5.41) is 0. The monoisotopic (exact) mass is 188 g/mol. The Morgan fingerprint density at radius 2 is 2.31 bits per heavy atom. The third-order valence-corrected chi connectivity index (χ3v) is 2.32. The van der Waals surface area contributed by atoms with Gasteiger partial charge in [0.25, 0.3) is 0 Å². The molecule has 4 nitrogen and oxygen atoms in total. The van der Waals surface area contributed by atoms with Crippen molar-refractivity contribution in [1.29, 1.82) is 0 Å². The van der Waals surface area contributed by atoms with E-state index in [-0.39, 0.29) is 12.3 Å². The number of nitrogens with two attached hydrogens (primary N) is 1. The van der Waals surface area contributed by atoms with Crippen LogP contribution in [0.5, 0.6) is 0 Å². The summed E-state index contributed by atoms with van der Waals surface area (Å²) in [5.41, 5.74) is 5.61. The first kappa shape index (κ1) is 10.9. The van der Waals surface area contributed by atoms with E-state index in [4.69, 9.17) is 15.2 Å². The fraction of sp³-hybridized carbons (Fsp3) is 1.00. The molecule has 2 N–H and O–H groups in total. The van der Waals surface area contributed by atoms with Crippen molar-refractivity contribution in [3.63, 3.8) is 0 Å². The van der Waals surface area contributed by atoms with E-state index < -0.39 is 0 Å². The maximum absolute atomic E-state index is 5.61. The predicted octanol–water partition coefficient (Wildman–Crippen LogP) is 0.0268. The van der Waals surface area contributed by atoms with Crippen LogP contribution in [0.2, 0.25) is 0 Å². The fourth-order valence-electron chi connectivity index (χ4n) is 1.29. The van der Waals surface area contributed by atoms with E-state index in [9.17, 15) is 0 Å². The second-order valence-electron chi connectivity index (χ2n) is 3.82. The Balaban J connectivity index is 2.31. The number of likely N-dealkylation sites (N-methyl/N-ethyl adjacent to an activating group) is 1. The molecule has 3 unspecified atom stereocenters. The molecule has 78 valence electrons. The highest BCUT2D eigenvalue weighted by molar-refractivity contribution is 4.71. The molecule has 0 spiro atoms. The molecule has 0 aromatic rings. The summed E-state index contributed by atoms with van der Waals surface area (Å²) in [6.07, 6.45) is 0.0646. The number of rotatable bonds is 3. The van der Waals surface area contributed by atoms with Crippen molar-refractivity contribution in [2.75, 3.05) is 26.9 Å². The van der Waals surface area contributed by atoms with Crippen molar-refractivity contribution in [2.24, 2.45) is 5.73 Å². The zero-order valence-electron chi connectivity index (χ0n) is 8.69. The summed E-state index contributed by atoms with van der Waals surface area (Å²) in [6.45, 7) is 6.09. The number of ether oxygens (including phenoxy) is 2. The minimum Gasteiger partial charge on any atom is -0.376 e. The fourth-order valence-corrected chi connectivity index (χ4v) is 1.29. The molecule has 1 aliphatic rings. The van der Waals surface area contributed by atoms with E-state index in [1.807, 2.05) is 6.92 Å². The molecule has 4 heteroatoms. The van der Waals surface area contributed by atoms with Crippen molar-refractivity contribution < 1.29 is 9.47 Å². The van der Waals surface area contributed by atoms with Gasteiger partial charge in [-0.3, -0.25) is 4.90 Å². The van der Waals surface area contributed by atoms with Gasteiger partial charge in [-0.2, -0.15) is 0 Å². The van der Waals surface area contributed by atoms with Gasteiger partial charge in [-0.25, -0.2) is 0 Å². The number of morpholine rings is 1. The lowest BCUT2D eigenvalue weighted by atomic mass is 10.2. The van der Waals surface area contributed by atoms with Gasteiger partial charge in [-0.05, 0) is 20.9 Å². The molecule has 1 saturated heterocycles. The number of hydrogen-bond donors (Lipinski definition) is 1. The second kappa shape index (κ2) is 4.91. The van der Waals surface area contributed by atoms with Gasteiger partial charge >= 0.3 is 0 Å². The maximum atomic E-state index is 5.61. The summed E-state index contributed by atoms with van der Waals surface area (Å²) in [4.78, 5) is 2.19. The topological polar surface area (TPSA) is 47.7 Å². The number of hydrogen-bond acceptors (Lipinski definition) is 4. The minimum absolute atomic E-state index is 0.0646. The van der Waals surface area contributed by atoms with Crippen molar-refractivity contribution in [3.05, 3.63) is 0 Å². The Kier molecular flexibility index (Phi) is 4.12. The second-order valence-corrected chi connectivity index (χ2v) is 3.82. The molecule has 0 aromatic heterocycles. The van der Waals surface area contributed by atoms with Crippen LogP contribution < -0.4 is 5.73 Å². The summed E-state index contributed by atoms with van der Waals surface area (Å²) >= 11 is 0. The zero-order chi connectivity index (χ0) is 9.84. The molecule has 1 aliphatic heterocycles. The highest BCUT2D eigenvalue weighted by Crippen LogP contribution is 2.11. The van der Waals surface area contributed by atoms with E-state index in [0.29, 0.717) is 19.3 Å². The quantitative estimate of drug-likeness (QED) is 0.678. The van der Waals surface area contributed by atoms with E-state index in [2.05, 4.69) is 18.9 Å². The molecule has 1 heterocycles. The summed E-state index contributed by atoms with van der Waals surface area (Å²) in [6, 6.07) is 0.512. The SMILES string of the molecule is CC(N)COC1COCC(C)N1C.